The van der Waals surface area contributed by atoms with Gasteiger partial charge in [-0.3, -0.25) is 0 Å². The summed E-state index contributed by atoms with van der Waals surface area (Å²) in [5.74, 6) is 0.613. The number of hydrogen-bond donors (Lipinski definition) is 1. The molecule has 0 amide bonds. The zero-order chi connectivity index (χ0) is 13.5. The highest BCUT2D eigenvalue weighted by Crippen LogP contribution is 2.16. The number of hydrogen-bond acceptors (Lipinski definition) is 2. The van der Waals surface area contributed by atoms with Crippen LogP contribution in [0.4, 0.5) is 0 Å². The number of aryl methyl sites for hydroxylation is 2. The molecule has 0 heterocycles. The molecule has 0 bridgehead atoms. The quantitative estimate of drug-likeness (QED) is 0.745. The number of rotatable bonds is 7. The highest BCUT2D eigenvalue weighted by atomic mass is 16.5. The molecular formula is C16H27NO. The van der Waals surface area contributed by atoms with Crippen LogP contribution in [0, 0.1) is 19.8 Å². The zero-order valence-electron chi connectivity index (χ0n) is 12.4. The second-order valence-corrected chi connectivity index (χ2v) is 5.57. The molecule has 0 fully saturated rings. The molecule has 1 unspecified atom stereocenters. The van der Waals surface area contributed by atoms with Crippen LogP contribution in [-0.2, 0) is 4.74 Å². The second kappa shape index (κ2) is 7.55. The SMILES string of the molecule is Cc1cc(C)cc(C(C)NCCOCC(C)C)c1. The van der Waals surface area contributed by atoms with Crippen LogP contribution < -0.4 is 5.32 Å². The molecule has 2 heteroatoms. The summed E-state index contributed by atoms with van der Waals surface area (Å²) in [4.78, 5) is 0. The van der Waals surface area contributed by atoms with E-state index in [1.54, 1.807) is 0 Å². The minimum Gasteiger partial charge on any atom is -0.380 e. The van der Waals surface area contributed by atoms with Gasteiger partial charge in [0.15, 0.2) is 0 Å². The molecular weight excluding hydrogens is 222 g/mol. The molecule has 0 radical (unpaired) electrons. The first-order valence-electron chi connectivity index (χ1n) is 6.88. The van der Waals surface area contributed by atoms with Crippen LogP contribution in [0.2, 0.25) is 0 Å². The van der Waals surface area contributed by atoms with Gasteiger partial charge in [-0.15, -0.1) is 0 Å². The Hall–Kier alpha value is -0.860. The molecule has 1 N–H and O–H groups in total. The predicted molar refractivity (Wildman–Crippen MR) is 78.0 cm³/mol. The average molecular weight is 249 g/mol. The molecule has 102 valence electrons. The van der Waals surface area contributed by atoms with Gasteiger partial charge in [-0.25, -0.2) is 0 Å². The van der Waals surface area contributed by atoms with Gasteiger partial charge in [0, 0.05) is 19.2 Å². The minimum absolute atomic E-state index is 0.381. The molecule has 0 spiro atoms. The summed E-state index contributed by atoms with van der Waals surface area (Å²) in [6, 6.07) is 7.09. The molecule has 2 nitrogen and oxygen atoms in total. The normalized spacial score (nSPS) is 13.0. The highest BCUT2D eigenvalue weighted by Gasteiger charge is 2.05. The van der Waals surface area contributed by atoms with Gasteiger partial charge < -0.3 is 10.1 Å². The molecule has 1 rings (SSSR count). The first-order valence-corrected chi connectivity index (χ1v) is 6.88. The second-order valence-electron chi connectivity index (χ2n) is 5.57. The van der Waals surface area contributed by atoms with Crippen molar-refractivity contribution in [3.8, 4) is 0 Å². The number of benzene rings is 1. The van der Waals surface area contributed by atoms with E-state index in [1.807, 2.05) is 0 Å². The van der Waals surface area contributed by atoms with Crippen molar-refractivity contribution in [2.45, 2.75) is 40.7 Å². The first-order chi connectivity index (χ1) is 8.49. The van der Waals surface area contributed by atoms with Crippen LogP contribution in [0.1, 0.15) is 43.5 Å². The van der Waals surface area contributed by atoms with Crippen LogP contribution in [-0.4, -0.2) is 19.8 Å². The fourth-order valence-electron chi connectivity index (χ4n) is 2.04. The summed E-state index contributed by atoms with van der Waals surface area (Å²) in [6.07, 6.45) is 0. The molecule has 18 heavy (non-hydrogen) atoms. The van der Waals surface area contributed by atoms with Crippen molar-refractivity contribution in [3.63, 3.8) is 0 Å². The zero-order valence-corrected chi connectivity index (χ0v) is 12.4. The fourth-order valence-corrected chi connectivity index (χ4v) is 2.04. The molecule has 0 aliphatic carbocycles. The predicted octanol–water partition coefficient (Wildman–Crippen LogP) is 3.63. The summed E-state index contributed by atoms with van der Waals surface area (Å²) in [5.41, 5.74) is 4.01. The van der Waals surface area contributed by atoms with E-state index in [0.717, 1.165) is 19.8 Å². The van der Waals surface area contributed by atoms with E-state index in [-0.39, 0.29) is 0 Å². The van der Waals surface area contributed by atoms with Crippen LogP contribution in [0.25, 0.3) is 0 Å². The lowest BCUT2D eigenvalue weighted by Crippen LogP contribution is -2.24. The van der Waals surface area contributed by atoms with Gasteiger partial charge in [0.25, 0.3) is 0 Å². The Kier molecular flexibility index (Phi) is 6.37. The third-order valence-electron chi connectivity index (χ3n) is 2.89. The van der Waals surface area contributed by atoms with E-state index < -0.39 is 0 Å². The van der Waals surface area contributed by atoms with Crippen LogP contribution >= 0.6 is 0 Å². The van der Waals surface area contributed by atoms with Crippen LogP contribution in [0.15, 0.2) is 18.2 Å². The Morgan fingerprint density at radius 1 is 1.06 bits per heavy atom. The fraction of sp³-hybridized carbons (Fsp3) is 0.625. The first kappa shape index (κ1) is 15.2. The summed E-state index contributed by atoms with van der Waals surface area (Å²) in [6.45, 7) is 13.4. The Morgan fingerprint density at radius 2 is 1.67 bits per heavy atom. The van der Waals surface area contributed by atoms with Crippen molar-refractivity contribution in [2.24, 2.45) is 5.92 Å². The third kappa shape index (κ3) is 5.65. The summed E-state index contributed by atoms with van der Waals surface area (Å²) >= 11 is 0. The van der Waals surface area contributed by atoms with Gasteiger partial charge in [0.05, 0.1) is 6.61 Å². The van der Waals surface area contributed by atoms with Crippen molar-refractivity contribution in [2.75, 3.05) is 19.8 Å². The molecule has 0 saturated heterocycles. The maximum atomic E-state index is 5.57. The molecule has 0 aliphatic heterocycles. The highest BCUT2D eigenvalue weighted by molar-refractivity contribution is 5.30. The average Bonchev–Trinajstić information content (AvgIpc) is 2.26. The molecule has 0 saturated carbocycles. The topological polar surface area (TPSA) is 21.3 Å². The molecule has 0 aromatic heterocycles. The van der Waals surface area contributed by atoms with Gasteiger partial charge in [-0.2, -0.15) is 0 Å². The lowest BCUT2D eigenvalue weighted by Gasteiger charge is -2.16. The summed E-state index contributed by atoms with van der Waals surface area (Å²) in [5, 5.41) is 3.50. The van der Waals surface area contributed by atoms with Gasteiger partial charge in [0.2, 0.25) is 0 Å². The third-order valence-corrected chi connectivity index (χ3v) is 2.89. The van der Waals surface area contributed by atoms with Crippen molar-refractivity contribution < 1.29 is 4.74 Å². The largest absolute Gasteiger partial charge is 0.380 e. The van der Waals surface area contributed by atoms with Crippen molar-refractivity contribution in [3.05, 3.63) is 34.9 Å². The Morgan fingerprint density at radius 3 is 2.22 bits per heavy atom. The van der Waals surface area contributed by atoms with E-state index in [2.05, 4.69) is 58.1 Å². The smallest absolute Gasteiger partial charge is 0.0591 e. The summed E-state index contributed by atoms with van der Waals surface area (Å²) < 4.78 is 5.57. The lowest BCUT2D eigenvalue weighted by atomic mass is 10.0. The van der Waals surface area contributed by atoms with E-state index >= 15 is 0 Å². The minimum atomic E-state index is 0.381. The molecule has 0 aliphatic rings. The van der Waals surface area contributed by atoms with Crippen molar-refractivity contribution >= 4 is 0 Å². The van der Waals surface area contributed by atoms with Crippen molar-refractivity contribution in [1.29, 1.82) is 0 Å². The molecule has 1 atom stereocenters. The molecule has 1 aromatic rings. The molecule has 1 aromatic carbocycles. The van der Waals surface area contributed by atoms with E-state index in [1.165, 1.54) is 16.7 Å². The standard InChI is InChI=1S/C16H27NO/c1-12(2)11-18-7-6-17-15(5)16-9-13(3)8-14(4)10-16/h8-10,12,15,17H,6-7,11H2,1-5H3. The van der Waals surface area contributed by atoms with Crippen molar-refractivity contribution in [1.82, 2.24) is 5.32 Å². The maximum Gasteiger partial charge on any atom is 0.0591 e. The van der Waals surface area contributed by atoms with Crippen LogP contribution in [0.5, 0.6) is 0 Å². The van der Waals surface area contributed by atoms with E-state index in [4.69, 9.17) is 4.74 Å². The number of ether oxygens (including phenoxy) is 1. The summed E-state index contributed by atoms with van der Waals surface area (Å²) in [7, 11) is 0. The monoisotopic (exact) mass is 249 g/mol. The van der Waals surface area contributed by atoms with Gasteiger partial charge >= 0.3 is 0 Å². The Balaban J connectivity index is 2.34. The van der Waals surface area contributed by atoms with E-state index in [0.29, 0.717) is 12.0 Å². The Labute approximate surface area is 112 Å². The maximum absolute atomic E-state index is 5.57. The lowest BCUT2D eigenvalue weighted by molar-refractivity contribution is 0.110. The van der Waals surface area contributed by atoms with E-state index in [9.17, 15) is 0 Å². The van der Waals surface area contributed by atoms with Crippen LogP contribution in [0.3, 0.4) is 0 Å². The van der Waals surface area contributed by atoms with Gasteiger partial charge in [0.1, 0.15) is 0 Å². The Bertz CT molecular complexity index is 340. The number of nitrogens with one attached hydrogen (secondary N) is 1. The van der Waals surface area contributed by atoms with Gasteiger partial charge in [-0.1, -0.05) is 43.2 Å². The van der Waals surface area contributed by atoms with Gasteiger partial charge in [-0.05, 0) is 32.3 Å².